The molecule has 0 heterocycles. The molecule has 0 saturated heterocycles. The van der Waals surface area contributed by atoms with Crippen molar-refractivity contribution in [2.24, 2.45) is 0 Å². The summed E-state index contributed by atoms with van der Waals surface area (Å²) < 4.78 is 31.4. The van der Waals surface area contributed by atoms with Gasteiger partial charge in [0.2, 0.25) is 10.0 Å². The number of amides is 1. The number of nitrogens with one attached hydrogen (secondary N) is 2. The zero-order chi connectivity index (χ0) is 19.9. The fraction of sp³-hybridized carbons (Fsp3) is 0.167. The first kappa shape index (κ1) is 21.2. The van der Waals surface area contributed by atoms with E-state index < -0.39 is 10.0 Å². The highest BCUT2D eigenvalue weighted by atomic mass is 35.5. The number of ether oxygens (including phenoxy) is 1. The summed E-state index contributed by atoms with van der Waals surface area (Å²) in [6, 6.07) is 11.2. The Kier molecular flexibility index (Phi) is 7.67. The van der Waals surface area contributed by atoms with Gasteiger partial charge in [-0.25, -0.2) is 13.1 Å². The highest BCUT2D eigenvalue weighted by Crippen LogP contribution is 2.27. The molecule has 0 aliphatic carbocycles. The molecule has 2 aromatic carbocycles. The number of hydrogen-bond acceptors (Lipinski definition) is 4. The minimum atomic E-state index is -3.43. The van der Waals surface area contributed by atoms with E-state index in [1.807, 2.05) is 0 Å². The van der Waals surface area contributed by atoms with E-state index in [1.165, 1.54) is 12.1 Å². The molecule has 1 amide bonds. The molecule has 0 radical (unpaired) electrons. The number of benzene rings is 2. The van der Waals surface area contributed by atoms with Gasteiger partial charge in [0, 0.05) is 17.3 Å². The SMILES string of the molecule is C=CCNS(=O)(=O)Cc1ccc(NC(=O)COc2ccc(Cl)cc2Cl)cc1. The fourth-order valence-corrected chi connectivity index (χ4v) is 3.64. The van der Waals surface area contributed by atoms with Gasteiger partial charge in [0.1, 0.15) is 5.75 Å². The first-order valence-corrected chi connectivity index (χ1v) is 10.2. The highest BCUT2D eigenvalue weighted by molar-refractivity contribution is 7.88. The number of hydrogen-bond donors (Lipinski definition) is 2. The Morgan fingerprint density at radius 3 is 2.48 bits per heavy atom. The zero-order valence-electron chi connectivity index (χ0n) is 14.2. The van der Waals surface area contributed by atoms with Gasteiger partial charge < -0.3 is 10.1 Å². The molecule has 2 N–H and O–H groups in total. The molecule has 0 aliphatic heterocycles. The van der Waals surface area contributed by atoms with E-state index in [-0.39, 0.29) is 24.8 Å². The van der Waals surface area contributed by atoms with Crippen molar-refractivity contribution in [2.75, 3.05) is 18.5 Å². The van der Waals surface area contributed by atoms with Gasteiger partial charge in [-0.05, 0) is 35.9 Å². The van der Waals surface area contributed by atoms with Crippen LogP contribution in [0.1, 0.15) is 5.56 Å². The lowest BCUT2D eigenvalue weighted by Crippen LogP contribution is -2.25. The van der Waals surface area contributed by atoms with Crippen LogP contribution < -0.4 is 14.8 Å². The lowest BCUT2D eigenvalue weighted by molar-refractivity contribution is -0.118. The maximum Gasteiger partial charge on any atom is 0.262 e. The molecule has 0 saturated carbocycles. The number of rotatable bonds is 9. The Bertz CT molecular complexity index is 915. The summed E-state index contributed by atoms with van der Waals surface area (Å²) in [6.45, 7) is 3.40. The third kappa shape index (κ3) is 7.22. The smallest absolute Gasteiger partial charge is 0.262 e. The van der Waals surface area contributed by atoms with E-state index in [1.54, 1.807) is 36.4 Å². The van der Waals surface area contributed by atoms with Crippen molar-refractivity contribution in [1.82, 2.24) is 4.72 Å². The topological polar surface area (TPSA) is 84.5 Å². The molecular weight excluding hydrogens is 411 g/mol. The Labute approximate surface area is 168 Å². The normalized spacial score (nSPS) is 11.0. The van der Waals surface area contributed by atoms with E-state index >= 15 is 0 Å². The molecule has 0 unspecified atom stereocenters. The van der Waals surface area contributed by atoms with Crippen molar-refractivity contribution in [2.45, 2.75) is 5.75 Å². The van der Waals surface area contributed by atoms with Crippen LogP contribution in [-0.4, -0.2) is 27.5 Å². The van der Waals surface area contributed by atoms with Gasteiger partial charge in [-0.15, -0.1) is 6.58 Å². The number of sulfonamides is 1. The molecule has 0 aliphatic rings. The second kappa shape index (κ2) is 9.75. The molecule has 2 rings (SSSR count). The van der Waals surface area contributed by atoms with Crippen molar-refractivity contribution in [3.63, 3.8) is 0 Å². The summed E-state index contributed by atoms with van der Waals surface area (Å²) in [5, 5.41) is 3.44. The highest BCUT2D eigenvalue weighted by Gasteiger charge is 2.11. The lowest BCUT2D eigenvalue weighted by Gasteiger charge is -2.10. The predicted molar refractivity (Wildman–Crippen MR) is 108 cm³/mol. The zero-order valence-corrected chi connectivity index (χ0v) is 16.6. The molecule has 6 nitrogen and oxygen atoms in total. The summed E-state index contributed by atoms with van der Waals surface area (Å²) in [6.07, 6.45) is 1.47. The second-order valence-corrected chi connectivity index (χ2v) is 8.16. The molecule has 0 aromatic heterocycles. The van der Waals surface area contributed by atoms with Gasteiger partial charge in [0.15, 0.2) is 6.61 Å². The van der Waals surface area contributed by atoms with Crippen LogP contribution in [0.4, 0.5) is 5.69 Å². The molecule has 27 heavy (non-hydrogen) atoms. The van der Waals surface area contributed by atoms with Crippen molar-refractivity contribution in [3.8, 4) is 5.75 Å². The summed E-state index contributed by atoms with van der Waals surface area (Å²) in [7, 11) is -3.43. The van der Waals surface area contributed by atoms with Crippen molar-refractivity contribution < 1.29 is 17.9 Å². The Hall–Kier alpha value is -2.06. The van der Waals surface area contributed by atoms with Crippen LogP contribution in [-0.2, 0) is 20.6 Å². The van der Waals surface area contributed by atoms with E-state index in [0.717, 1.165) is 0 Å². The molecular formula is C18H18Cl2N2O4S. The van der Waals surface area contributed by atoms with Gasteiger partial charge in [0.05, 0.1) is 10.8 Å². The molecule has 0 atom stereocenters. The average molecular weight is 429 g/mol. The van der Waals surface area contributed by atoms with Gasteiger partial charge in [-0.3, -0.25) is 4.79 Å². The van der Waals surface area contributed by atoms with Gasteiger partial charge in [0.25, 0.3) is 5.91 Å². The minimum Gasteiger partial charge on any atom is -0.482 e. The minimum absolute atomic E-state index is 0.159. The first-order chi connectivity index (χ1) is 12.8. The van der Waals surface area contributed by atoms with Crippen LogP contribution in [0.2, 0.25) is 10.0 Å². The van der Waals surface area contributed by atoms with Gasteiger partial charge in [-0.1, -0.05) is 41.4 Å². The summed E-state index contributed by atoms with van der Waals surface area (Å²) in [5.41, 5.74) is 1.11. The molecule has 9 heteroatoms. The molecule has 2 aromatic rings. The van der Waals surface area contributed by atoms with Crippen LogP contribution in [0, 0.1) is 0 Å². The Morgan fingerprint density at radius 2 is 1.85 bits per heavy atom. The third-order valence-corrected chi connectivity index (χ3v) is 5.14. The van der Waals surface area contributed by atoms with Crippen LogP contribution in [0.5, 0.6) is 5.75 Å². The maximum atomic E-state index is 12.0. The summed E-state index contributed by atoms with van der Waals surface area (Å²) in [4.78, 5) is 12.0. The van der Waals surface area contributed by atoms with E-state index in [9.17, 15) is 13.2 Å². The maximum absolute atomic E-state index is 12.0. The Balaban J connectivity index is 1.88. The van der Waals surface area contributed by atoms with E-state index in [4.69, 9.17) is 27.9 Å². The van der Waals surface area contributed by atoms with Crippen LogP contribution in [0.3, 0.4) is 0 Å². The molecule has 0 bridgehead atoms. The third-order valence-electron chi connectivity index (χ3n) is 3.29. The summed E-state index contributed by atoms with van der Waals surface area (Å²) in [5.74, 6) is -0.189. The van der Waals surface area contributed by atoms with Crippen molar-refractivity contribution in [1.29, 1.82) is 0 Å². The van der Waals surface area contributed by atoms with Crippen LogP contribution in [0.25, 0.3) is 0 Å². The Morgan fingerprint density at radius 1 is 1.15 bits per heavy atom. The van der Waals surface area contributed by atoms with Crippen LogP contribution >= 0.6 is 23.2 Å². The first-order valence-electron chi connectivity index (χ1n) is 7.84. The van der Waals surface area contributed by atoms with Gasteiger partial charge in [-0.2, -0.15) is 0 Å². The van der Waals surface area contributed by atoms with Gasteiger partial charge >= 0.3 is 0 Å². The molecule has 144 valence electrons. The fourth-order valence-electron chi connectivity index (χ4n) is 2.07. The monoisotopic (exact) mass is 428 g/mol. The van der Waals surface area contributed by atoms with E-state index in [2.05, 4.69) is 16.6 Å². The quantitative estimate of drug-likeness (QED) is 0.597. The number of carbonyl (C=O) groups excluding carboxylic acids is 1. The number of anilines is 1. The molecule has 0 fully saturated rings. The number of carbonyl (C=O) groups is 1. The average Bonchev–Trinajstić information content (AvgIpc) is 2.61. The van der Waals surface area contributed by atoms with E-state index in [0.29, 0.717) is 27.0 Å². The van der Waals surface area contributed by atoms with Crippen molar-refractivity contribution >= 4 is 44.8 Å². The largest absolute Gasteiger partial charge is 0.482 e. The second-order valence-electron chi connectivity index (χ2n) is 5.50. The predicted octanol–water partition coefficient (Wildman–Crippen LogP) is 3.62. The summed E-state index contributed by atoms with van der Waals surface area (Å²) >= 11 is 11.8. The molecule has 0 spiro atoms. The lowest BCUT2D eigenvalue weighted by atomic mass is 10.2. The van der Waals surface area contributed by atoms with Crippen molar-refractivity contribution in [3.05, 3.63) is 70.7 Å². The number of halogens is 2. The standard InChI is InChI=1S/C18H18Cl2N2O4S/c1-2-9-21-27(24,25)12-13-3-6-15(7-4-13)22-18(23)11-26-17-8-5-14(19)10-16(17)20/h2-8,10,21H,1,9,11-12H2,(H,22,23). The van der Waals surface area contributed by atoms with Crippen LogP contribution in [0.15, 0.2) is 55.1 Å².